The molecule has 0 aliphatic heterocycles. The monoisotopic (exact) mass is 109 g/mol. The first-order valence-electron chi connectivity index (χ1n) is 2.20. The molecule has 3 nitrogen and oxygen atoms in total. The van der Waals surface area contributed by atoms with Crippen molar-refractivity contribution in [3.05, 3.63) is 0 Å². The molecule has 0 aliphatic carbocycles. The summed E-state index contributed by atoms with van der Waals surface area (Å²) in [6.07, 6.45) is 1.69. The summed E-state index contributed by atoms with van der Waals surface area (Å²) in [6.45, 7) is 3.27. The minimum atomic E-state index is -0.714. The molecule has 42 valence electrons. The van der Waals surface area contributed by atoms with Crippen molar-refractivity contribution < 1.29 is 0 Å². The number of nitriles is 2. The van der Waals surface area contributed by atoms with Gasteiger partial charge in [0.1, 0.15) is 5.54 Å². The van der Waals surface area contributed by atoms with Gasteiger partial charge in [-0.05, 0) is 13.8 Å². The summed E-state index contributed by atoms with van der Waals surface area (Å²) in [5, 5.41) is 18.6. The van der Waals surface area contributed by atoms with Crippen LogP contribution in [0.4, 0.5) is 0 Å². The van der Waals surface area contributed by atoms with E-state index in [-0.39, 0.29) is 0 Å². The summed E-state index contributed by atoms with van der Waals surface area (Å²) < 4.78 is 0. The molecule has 1 N–H and O–H groups in total. The number of nitrogens with one attached hydrogen (secondary N) is 1. The maximum atomic E-state index is 8.26. The third-order valence-corrected chi connectivity index (χ3v) is 0.648. The first-order chi connectivity index (χ1) is 3.62. The Morgan fingerprint density at radius 3 is 2.00 bits per heavy atom. The van der Waals surface area contributed by atoms with Crippen LogP contribution in [-0.4, -0.2) is 5.54 Å². The smallest absolute Gasteiger partial charge is 0.177 e. The van der Waals surface area contributed by atoms with Crippen molar-refractivity contribution in [1.82, 2.24) is 5.32 Å². The van der Waals surface area contributed by atoms with Crippen LogP contribution < -0.4 is 5.32 Å². The molecule has 3 heteroatoms. The summed E-state index contributed by atoms with van der Waals surface area (Å²) >= 11 is 0. The Labute approximate surface area is 48.5 Å². The fourth-order valence-electron chi connectivity index (χ4n) is 0.168. The molecule has 0 aromatic heterocycles. The predicted octanol–water partition coefficient (Wildman–Crippen LogP) is 0.359. The van der Waals surface area contributed by atoms with E-state index in [0.717, 1.165) is 0 Å². The Bertz CT molecular complexity index is 146. The van der Waals surface area contributed by atoms with Crippen LogP contribution in [0.25, 0.3) is 0 Å². The Kier molecular flexibility index (Phi) is 1.85. The molecule has 0 fully saturated rings. The summed E-state index contributed by atoms with van der Waals surface area (Å²) in [4.78, 5) is 0. The van der Waals surface area contributed by atoms with Crippen molar-refractivity contribution in [3.8, 4) is 12.3 Å². The second-order valence-corrected chi connectivity index (χ2v) is 1.97. The fourth-order valence-corrected chi connectivity index (χ4v) is 0.168. The molecule has 0 atom stereocenters. The second-order valence-electron chi connectivity index (χ2n) is 1.97. The molecule has 8 heavy (non-hydrogen) atoms. The van der Waals surface area contributed by atoms with Gasteiger partial charge in [-0.1, -0.05) is 0 Å². The predicted molar refractivity (Wildman–Crippen MR) is 28.4 cm³/mol. The van der Waals surface area contributed by atoms with Gasteiger partial charge in [0.05, 0.1) is 6.07 Å². The third kappa shape index (κ3) is 2.04. The average molecular weight is 109 g/mol. The third-order valence-electron chi connectivity index (χ3n) is 0.648. The van der Waals surface area contributed by atoms with E-state index in [0.29, 0.717) is 0 Å². The van der Waals surface area contributed by atoms with E-state index in [1.54, 1.807) is 20.0 Å². The first-order valence-corrected chi connectivity index (χ1v) is 2.20. The van der Waals surface area contributed by atoms with Crippen LogP contribution in [0.15, 0.2) is 0 Å². The SMILES string of the molecule is CC(C)(C#N)NC#N. The minimum Gasteiger partial charge on any atom is -0.305 e. The number of rotatable bonds is 1. The Balaban J connectivity index is 3.82. The molecule has 0 spiro atoms. The Morgan fingerprint density at radius 1 is 1.38 bits per heavy atom. The van der Waals surface area contributed by atoms with Gasteiger partial charge in [0, 0.05) is 0 Å². The molecule has 0 amide bonds. The van der Waals surface area contributed by atoms with Gasteiger partial charge in [-0.15, -0.1) is 0 Å². The van der Waals surface area contributed by atoms with Crippen molar-refractivity contribution >= 4 is 0 Å². The van der Waals surface area contributed by atoms with Crippen LogP contribution in [0.2, 0.25) is 0 Å². The first kappa shape index (κ1) is 6.78. The zero-order valence-corrected chi connectivity index (χ0v) is 4.89. The molecule has 0 aromatic carbocycles. The van der Waals surface area contributed by atoms with Crippen LogP contribution in [-0.2, 0) is 0 Å². The molecule has 0 radical (unpaired) electrons. The highest BCUT2D eigenvalue weighted by atomic mass is 14.9. The molecule has 0 aromatic rings. The Morgan fingerprint density at radius 2 is 1.88 bits per heavy atom. The lowest BCUT2D eigenvalue weighted by Crippen LogP contribution is -2.33. The standard InChI is InChI=1S/C5H7N3/c1-5(2,3-6)8-4-7/h8H,1-2H3. The lowest BCUT2D eigenvalue weighted by Gasteiger charge is -2.10. The maximum Gasteiger partial charge on any atom is 0.177 e. The lowest BCUT2D eigenvalue weighted by molar-refractivity contribution is 0.576. The van der Waals surface area contributed by atoms with Gasteiger partial charge >= 0.3 is 0 Å². The maximum absolute atomic E-state index is 8.26. The average Bonchev–Trinajstić information content (AvgIpc) is 1.67. The fraction of sp³-hybridized carbons (Fsp3) is 0.600. The van der Waals surface area contributed by atoms with Crippen molar-refractivity contribution in [1.29, 1.82) is 10.5 Å². The van der Waals surface area contributed by atoms with E-state index >= 15 is 0 Å². The van der Waals surface area contributed by atoms with Crippen LogP contribution in [0, 0.1) is 22.8 Å². The van der Waals surface area contributed by atoms with Gasteiger partial charge in [-0.2, -0.15) is 10.5 Å². The van der Waals surface area contributed by atoms with E-state index in [9.17, 15) is 0 Å². The largest absolute Gasteiger partial charge is 0.305 e. The summed E-state index contributed by atoms with van der Waals surface area (Å²) in [6, 6.07) is 1.91. The quantitative estimate of drug-likeness (QED) is 0.390. The van der Waals surface area contributed by atoms with Gasteiger partial charge in [0.15, 0.2) is 6.19 Å². The zero-order valence-electron chi connectivity index (χ0n) is 4.89. The summed E-state index contributed by atoms with van der Waals surface area (Å²) in [5.41, 5.74) is -0.714. The molecular weight excluding hydrogens is 102 g/mol. The lowest BCUT2D eigenvalue weighted by atomic mass is 10.1. The minimum absolute atomic E-state index is 0.714. The highest BCUT2D eigenvalue weighted by molar-refractivity contribution is 5.03. The summed E-state index contributed by atoms with van der Waals surface area (Å²) in [5.74, 6) is 0. The van der Waals surface area contributed by atoms with Gasteiger partial charge in [-0.3, -0.25) is 0 Å². The molecule has 0 bridgehead atoms. The molecule has 0 saturated heterocycles. The zero-order chi connectivity index (χ0) is 6.62. The van der Waals surface area contributed by atoms with Crippen LogP contribution in [0.3, 0.4) is 0 Å². The normalized spacial score (nSPS) is 9.00. The van der Waals surface area contributed by atoms with Crippen LogP contribution >= 0.6 is 0 Å². The van der Waals surface area contributed by atoms with Gasteiger partial charge < -0.3 is 5.32 Å². The van der Waals surface area contributed by atoms with Gasteiger partial charge in [0.2, 0.25) is 0 Å². The van der Waals surface area contributed by atoms with Crippen molar-refractivity contribution in [2.45, 2.75) is 19.4 Å². The number of nitrogens with zero attached hydrogens (tertiary/aromatic N) is 2. The van der Waals surface area contributed by atoms with E-state index in [4.69, 9.17) is 10.5 Å². The highest BCUT2D eigenvalue weighted by Crippen LogP contribution is 1.95. The van der Waals surface area contributed by atoms with Gasteiger partial charge in [-0.25, -0.2) is 0 Å². The van der Waals surface area contributed by atoms with E-state index < -0.39 is 5.54 Å². The second kappa shape index (κ2) is 2.18. The van der Waals surface area contributed by atoms with Crippen molar-refractivity contribution in [3.63, 3.8) is 0 Å². The summed E-state index contributed by atoms with van der Waals surface area (Å²) in [7, 11) is 0. The van der Waals surface area contributed by atoms with Crippen molar-refractivity contribution in [2.75, 3.05) is 0 Å². The Hall–Kier alpha value is -1.22. The van der Waals surface area contributed by atoms with Gasteiger partial charge in [0.25, 0.3) is 0 Å². The molecule has 0 rings (SSSR count). The van der Waals surface area contributed by atoms with Crippen LogP contribution in [0.1, 0.15) is 13.8 Å². The molecule has 0 heterocycles. The van der Waals surface area contributed by atoms with E-state index in [2.05, 4.69) is 5.32 Å². The molecular formula is C5H7N3. The number of hydrogen-bond donors (Lipinski definition) is 1. The molecule has 0 unspecified atom stereocenters. The van der Waals surface area contributed by atoms with Crippen molar-refractivity contribution in [2.24, 2.45) is 0 Å². The van der Waals surface area contributed by atoms with Crippen LogP contribution in [0.5, 0.6) is 0 Å². The van der Waals surface area contributed by atoms with E-state index in [1.165, 1.54) is 0 Å². The topological polar surface area (TPSA) is 59.6 Å². The molecule has 0 aliphatic rings. The number of hydrogen-bond acceptors (Lipinski definition) is 3. The molecule has 0 saturated carbocycles. The highest BCUT2D eigenvalue weighted by Gasteiger charge is 2.12. The van der Waals surface area contributed by atoms with E-state index in [1.807, 2.05) is 6.07 Å².